The van der Waals surface area contributed by atoms with Crippen molar-refractivity contribution in [2.45, 2.75) is 12.2 Å². The standard InChI is InChI=1S/C13H11ClO5/c1-18-12(16)7-13(17)11(15)6-10(19-13)8-2-4-9(14)5-3-8/h2-6,17H,7H2,1H3/t13-/m0/s1. The van der Waals surface area contributed by atoms with Gasteiger partial charge in [0, 0.05) is 16.7 Å². The molecule has 1 atom stereocenters. The Morgan fingerprint density at radius 3 is 2.63 bits per heavy atom. The summed E-state index contributed by atoms with van der Waals surface area (Å²) in [6, 6.07) is 6.54. The predicted molar refractivity (Wildman–Crippen MR) is 67.1 cm³/mol. The second-order valence-corrected chi connectivity index (χ2v) is 4.46. The first-order valence-corrected chi connectivity index (χ1v) is 5.83. The fourth-order valence-corrected chi connectivity index (χ4v) is 1.77. The van der Waals surface area contributed by atoms with Crippen molar-refractivity contribution in [2.75, 3.05) is 7.11 Å². The SMILES string of the molecule is COC(=O)C[C@]1(O)OC(c2ccc(Cl)cc2)=CC1=O. The molecule has 0 saturated carbocycles. The van der Waals surface area contributed by atoms with E-state index in [0.29, 0.717) is 10.6 Å². The number of carbonyl (C=O) groups is 2. The molecule has 2 rings (SSSR count). The van der Waals surface area contributed by atoms with E-state index >= 15 is 0 Å². The molecule has 5 nitrogen and oxygen atoms in total. The Bertz CT molecular complexity index is 549. The van der Waals surface area contributed by atoms with E-state index in [9.17, 15) is 14.7 Å². The van der Waals surface area contributed by atoms with Gasteiger partial charge in [-0.3, -0.25) is 9.59 Å². The number of carbonyl (C=O) groups excluding carboxylic acids is 2. The van der Waals surface area contributed by atoms with E-state index < -0.39 is 24.0 Å². The number of aliphatic hydroxyl groups is 1. The van der Waals surface area contributed by atoms with Crippen LogP contribution in [0.1, 0.15) is 12.0 Å². The Balaban J connectivity index is 2.19. The van der Waals surface area contributed by atoms with Gasteiger partial charge >= 0.3 is 5.97 Å². The Labute approximate surface area is 114 Å². The van der Waals surface area contributed by atoms with Gasteiger partial charge in [0.1, 0.15) is 12.2 Å². The van der Waals surface area contributed by atoms with Gasteiger partial charge in [0.05, 0.1) is 7.11 Å². The summed E-state index contributed by atoms with van der Waals surface area (Å²) in [6.45, 7) is 0. The van der Waals surface area contributed by atoms with E-state index in [1.807, 2.05) is 0 Å². The first kappa shape index (κ1) is 13.6. The van der Waals surface area contributed by atoms with Crippen molar-refractivity contribution in [3.63, 3.8) is 0 Å². The van der Waals surface area contributed by atoms with Crippen LogP contribution in [0.15, 0.2) is 30.3 Å². The van der Waals surface area contributed by atoms with E-state index in [-0.39, 0.29) is 5.76 Å². The number of esters is 1. The number of hydrogen-bond donors (Lipinski definition) is 1. The molecular formula is C13H11ClO5. The second kappa shape index (κ2) is 5.03. The molecule has 1 aliphatic heterocycles. The average Bonchev–Trinajstić information content (AvgIpc) is 2.66. The average molecular weight is 283 g/mol. The summed E-state index contributed by atoms with van der Waals surface area (Å²) in [5.74, 6) is -3.43. The molecule has 19 heavy (non-hydrogen) atoms. The summed E-state index contributed by atoms with van der Waals surface area (Å²) >= 11 is 5.75. The van der Waals surface area contributed by atoms with Crippen molar-refractivity contribution in [1.29, 1.82) is 0 Å². The minimum atomic E-state index is -2.19. The quantitative estimate of drug-likeness (QED) is 0.851. The Kier molecular flexibility index (Phi) is 3.59. The van der Waals surface area contributed by atoms with Gasteiger partial charge in [-0.25, -0.2) is 0 Å². The topological polar surface area (TPSA) is 72.8 Å². The Hall–Kier alpha value is -1.85. The van der Waals surface area contributed by atoms with E-state index in [4.69, 9.17) is 16.3 Å². The number of benzene rings is 1. The lowest BCUT2D eigenvalue weighted by atomic mass is 10.1. The van der Waals surface area contributed by atoms with E-state index in [0.717, 1.165) is 6.08 Å². The zero-order valence-corrected chi connectivity index (χ0v) is 10.8. The maximum absolute atomic E-state index is 11.7. The van der Waals surface area contributed by atoms with Gasteiger partial charge in [0.15, 0.2) is 0 Å². The van der Waals surface area contributed by atoms with Crippen LogP contribution in [-0.2, 0) is 19.1 Å². The van der Waals surface area contributed by atoms with Crippen LogP contribution in [0, 0.1) is 0 Å². The lowest BCUT2D eigenvalue weighted by Gasteiger charge is -2.20. The van der Waals surface area contributed by atoms with Gasteiger partial charge < -0.3 is 14.6 Å². The minimum absolute atomic E-state index is 0.188. The zero-order valence-electron chi connectivity index (χ0n) is 10.1. The van der Waals surface area contributed by atoms with Crippen molar-refractivity contribution in [3.05, 3.63) is 40.9 Å². The predicted octanol–water partition coefficient (Wildman–Crippen LogP) is 1.53. The maximum atomic E-state index is 11.7. The van der Waals surface area contributed by atoms with Crippen molar-refractivity contribution >= 4 is 29.1 Å². The van der Waals surface area contributed by atoms with Crippen LogP contribution in [0.3, 0.4) is 0 Å². The molecule has 0 fully saturated rings. The molecule has 1 N–H and O–H groups in total. The third-order valence-corrected chi connectivity index (χ3v) is 2.92. The summed E-state index contributed by atoms with van der Waals surface area (Å²) in [4.78, 5) is 22.9. The first-order chi connectivity index (χ1) is 8.94. The molecule has 1 aromatic carbocycles. The summed E-state index contributed by atoms with van der Waals surface area (Å²) in [5.41, 5.74) is 0.582. The Morgan fingerprint density at radius 1 is 1.42 bits per heavy atom. The zero-order chi connectivity index (χ0) is 14.0. The highest BCUT2D eigenvalue weighted by Gasteiger charge is 2.45. The van der Waals surface area contributed by atoms with E-state index in [2.05, 4.69) is 4.74 Å². The normalized spacial score (nSPS) is 21.8. The molecule has 0 aliphatic carbocycles. The van der Waals surface area contributed by atoms with Crippen LogP contribution in [0.25, 0.3) is 5.76 Å². The van der Waals surface area contributed by atoms with Crippen LogP contribution in [0.4, 0.5) is 0 Å². The molecule has 100 valence electrons. The van der Waals surface area contributed by atoms with E-state index in [1.54, 1.807) is 24.3 Å². The maximum Gasteiger partial charge on any atom is 0.312 e. The largest absolute Gasteiger partial charge is 0.469 e. The van der Waals surface area contributed by atoms with Crippen molar-refractivity contribution in [2.24, 2.45) is 0 Å². The fourth-order valence-electron chi connectivity index (χ4n) is 1.64. The Morgan fingerprint density at radius 2 is 2.05 bits per heavy atom. The van der Waals surface area contributed by atoms with Crippen molar-refractivity contribution in [1.82, 2.24) is 0 Å². The first-order valence-electron chi connectivity index (χ1n) is 5.45. The monoisotopic (exact) mass is 282 g/mol. The third-order valence-electron chi connectivity index (χ3n) is 2.67. The molecule has 6 heteroatoms. The number of ketones is 1. The van der Waals surface area contributed by atoms with Gasteiger partial charge in [-0.15, -0.1) is 0 Å². The van der Waals surface area contributed by atoms with Gasteiger partial charge in [-0.2, -0.15) is 0 Å². The summed E-state index contributed by atoms with van der Waals surface area (Å²) in [7, 11) is 1.17. The van der Waals surface area contributed by atoms with Gasteiger partial charge in [0.2, 0.25) is 5.78 Å². The second-order valence-electron chi connectivity index (χ2n) is 4.02. The molecule has 0 unspecified atom stereocenters. The summed E-state index contributed by atoms with van der Waals surface area (Å²) in [5, 5.41) is 10.5. The van der Waals surface area contributed by atoms with Crippen LogP contribution in [-0.4, -0.2) is 29.8 Å². The van der Waals surface area contributed by atoms with Crippen LogP contribution < -0.4 is 0 Å². The highest BCUT2D eigenvalue weighted by molar-refractivity contribution is 6.30. The van der Waals surface area contributed by atoms with Crippen molar-refractivity contribution in [3.8, 4) is 0 Å². The molecular weight excluding hydrogens is 272 g/mol. The smallest absolute Gasteiger partial charge is 0.312 e. The van der Waals surface area contributed by atoms with Gasteiger partial charge in [-0.1, -0.05) is 11.6 Å². The molecule has 0 amide bonds. The molecule has 1 aliphatic rings. The number of ether oxygens (including phenoxy) is 2. The molecule has 0 bridgehead atoms. The minimum Gasteiger partial charge on any atom is -0.469 e. The van der Waals surface area contributed by atoms with E-state index in [1.165, 1.54) is 7.11 Å². The van der Waals surface area contributed by atoms with Gasteiger partial charge in [-0.05, 0) is 24.3 Å². The molecule has 1 heterocycles. The molecule has 0 radical (unpaired) electrons. The molecule has 0 spiro atoms. The van der Waals surface area contributed by atoms with Crippen LogP contribution in [0.5, 0.6) is 0 Å². The van der Waals surface area contributed by atoms with Crippen LogP contribution >= 0.6 is 11.6 Å². The number of halogens is 1. The lowest BCUT2D eigenvalue weighted by molar-refractivity contribution is -0.181. The molecule has 0 saturated heterocycles. The number of rotatable bonds is 3. The molecule has 0 aromatic heterocycles. The lowest BCUT2D eigenvalue weighted by Crippen LogP contribution is -2.38. The highest BCUT2D eigenvalue weighted by atomic mass is 35.5. The number of methoxy groups -OCH3 is 1. The summed E-state index contributed by atoms with van der Waals surface area (Å²) in [6.07, 6.45) is 0.585. The number of hydrogen-bond acceptors (Lipinski definition) is 5. The fraction of sp³-hybridized carbons (Fsp3) is 0.231. The highest BCUT2D eigenvalue weighted by Crippen LogP contribution is 2.32. The van der Waals surface area contributed by atoms with Gasteiger partial charge in [0.25, 0.3) is 5.79 Å². The summed E-state index contributed by atoms with van der Waals surface area (Å²) < 4.78 is 9.59. The van der Waals surface area contributed by atoms with Crippen LogP contribution in [0.2, 0.25) is 5.02 Å². The molecule has 1 aromatic rings. The van der Waals surface area contributed by atoms with Crippen molar-refractivity contribution < 1.29 is 24.2 Å². The third kappa shape index (κ3) is 2.77.